The Labute approximate surface area is 306 Å². The summed E-state index contributed by atoms with van der Waals surface area (Å²) < 4.78 is 2.46. The first-order valence-corrected chi connectivity index (χ1v) is 18.1. The van der Waals surface area contributed by atoms with Gasteiger partial charge in [-0.1, -0.05) is 164 Å². The fourth-order valence-corrected chi connectivity index (χ4v) is 8.39. The third kappa shape index (κ3) is 4.61. The van der Waals surface area contributed by atoms with Crippen LogP contribution >= 0.6 is 0 Å². The molecule has 0 atom stereocenters. The maximum absolute atomic E-state index is 5.34. The number of fused-ring (bicyclic) bond motifs is 9. The topological polar surface area (TPSA) is 30.7 Å². The molecule has 0 N–H and O–H groups in total. The van der Waals surface area contributed by atoms with Crippen LogP contribution in [0.15, 0.2) is 188 Å². The number of aromatic nitrogens is 3. The first-order valence-electron chi connectivity index (χ1n) is 18.1. The van der Waals surface area contributed by atoms with Crippen molar-refractivity contribution >= 4 is 64.9 Å². The molecule has 2 heterocycles. The van der Waals surface area contributed by atoms with Gasteiger partial charge in [-0.05, 0) is 62.0 Å². The fourth-order valence-electron chi connectivity index (χ4n) is 8.39. The Morgan fingerprint density at radius 2 is 0.868 bits per heavy atom. The van der Waals surface area contributed by atoms with Crippen LogP contribution in [0.4, 0.5) is 0 Å². The average molecular weight is 674 g/mol. The molecule has 246 valence electrons. The zero-order valence-electron chi connectivity index (χ0n) is 28.7. The SMILES string of the molecule is c1ccc(-c2cc(-c3ccc(-n4c5ccc6ccccc6c5c5c6ccccc6ccc54)c4ccccc34)nc(-c3cccc4ccccc34)n2)cc1. The Balaban J connectivity index is 1.20. The average Bonchev–Trinajstić information content (AvgIpc) is 3.58. The van der Waals surface area contributed by atoms with E-state index in [1.165, 1.54) is 48.7 Å². The van der Waals surface area contributed by atoms with Crippen molar-refractivity contribution in [2.24, 2.45) is 0 Å². The number of nitrogens with zero attached hydrogens (tertiary/aromatic N) is 3. The first kappa shape index (κ1) is 29.6. The fraction of sp³-hybridized carbons (Fsp3) is 0. The van der Waals surface area contributed by atoms with E-state index in [0.717, 1.165) is 49.9 Å². The highest BCUT2D eigenvalue weighted by Crippen LogP contribution is 2.43. The van der Waals surface area contributed by atoms with Crippen LogP contribution < -0.4 is 0 Å². The zero-order chi connectivity index (χ0) is 34.9. The zero-order valence-corrected chi connectivity index (χ0v) is 28.7. The highest BCUT2D eigenvalue weighted by atomic mass is 15.0. The smallest absolute Gasteiger partial charge is 0.161 e. The lowest BCUT2D eigenvalue weighted by Crippen LogP contribution is -1.99. The van der Waals surface area contributed by atoms with Gasteiger partial charge in [-0.3, -0.25) is 0 Å². The molecule has 11 aromatic rings. The first-order chi connectivity index (χ1) is 26.3. The van der Waals surface area contributed by atoms with E-state index in [2.05, 4.69) is 187 Å². The lowest BCUT2D eigenvalue weighted by atomic mass is 9.98. The van der Waals surface area contributed by atoms with E-state index in [-0.39, 0.29) is 0 Å². The van der Waals surface area contributed by atoms with Crippen molar-refractivity contribution < 1.29 is 0 Å². The predicted molar refractivity (Wildman–Crippen MR) is 223 cm³/mol. The molecule has 3 heteroatoms. The Hall–Kier alpha value is -7.10. The standard InChI is InChI=1S/C50H31N3/c1-2-16-35(17-3-1)43-31-44(52-50(51-43)42-24-12-18-32-13-4-7-19-36(32)42)40-27-30-45(41-23-11-10-22-39(40)41)53-46-28-25-33-14-5-8-20-37(33)48(46)49-38-21-9-6-15-34(38)26-29-47(49)53/h1-31H. The molecule has 0 unspecified atom stereocenters. The quantitative estimate of drug-likeness (QED) is 0.186. The Morgan fingerprint density at radius 3 is 1.55 bits per heavy atom. The monoisotopic (exact) mass is 673 g/mol. The molecule has 0 aliphatic carbocycles. The third-order valence-electron chi connectivity index (χ3n) is 10.8. The summed E-state index contributed by atoms with van der Waals surface area (Å²) in [7, 11) is 0. The molecule has 0 radical (unpaired) electrons. The van der Waals surface area contributed by atoms with Gasteiger partial charge < -0.3 is 4.57 Å². The van der Waals surface area contributed by atoms with Crippen LogP contribution in [-0.2, 0) is 0 Å². The van der Waals surface area contributed by atoms with Gasteiger partial charge in [-0.15, -0.1) is 0 Å². The normalized spacial score (nSPS) is 11.8. The van der Waals surface area contributed by atoms with Gasteiger partial charge in [-0.2, -0.15) is 0 Å². The van der Waals surface area contributed by atoms with Crippen molar-refractivity contribution in [3.8, 4) is 39.6 Å². The van der Waals surface area contributed by atoms with Crippen molar-refractivity contribution in [2.45, 2.75) is 0 Å². The predicted octanol–water partition coefficient (Wildman–Crippen LogP) is 13.2. The molecule has 53 heavy (non-hydrogen) atoms. The molecule has 3 nitrogen and oxygen atoms in total. The van der Waals surface area contributed by atoms with E-state index in [4.69, 9.17) is 9.97 Å². The van der Waals surface area contributed by atoms with E-state index >= 15 is 0 Å². The molecule has 0 aliphatic heterocycles. The molecule has 0 saturated heterocycles. The summed E-state index contributed by atoms with van der Waals surface area (Å²) in [5, 5.41) is 12.2. The molecular formula is C50H31N3. The van der Waals surface area contributed by atoms with E-state index in [1.807, 2.05) is 6.07 Å². The van der Waals surface area contributed by atoms with Gasteiger partial charge in [0.15, 0.2) is 5.82 Å². The van der Waals surface area contributed by atoms with Crippen LogP contribution in [0.25, 0.3) is 104 Å². The highest BCUT2D eigenvalue weighted by molar-refractivity contribution is 6.29. The summed E-state index contributed by atoms with van der Waals surface area (Å²) in [4.78, 5) is 10.5. The van der Waals surface area contributed by atoms with Crippen LogP contribution in [0.2, 0.25) is 0 Å². The highest BCUT2D eigenvalue weighted by Gasteiger charge is 2.20. The van der Waals surface area contributed by atoms with Gasteiger partial charge in [-0.25, -0.2) is 9.97 Å². The molecule has 9 aromatic carbocycles. The van der Waals surface area contributed by atoms with Crippen molar-refractivity contribution in [1.82, 2.24) is 14.5 Å². The number of hydrogen-bond acceptors (Lipinski definition) is 2. The Kier molecular flexibility index (Phi) is 6.55. The molecule has 2 aromatic heterocycles. The van der Waals surface area contributed by atoms with Crippen LogP contribution in [0.1, 0.15) is 0 Å². The molecule has 11 rings (SSSR count). The maximum Gasteiger partial charge on any atom is 0.161 e. The second kappa shape index (κ2) is 11.7. The van der Waals surface area contributed by atoms with Gasteiger partial charge in [0.1, 0.15) is 0 Å². The van der Waals surface area contributed by atoms with Crippen molar-refractivity contribution in [3.05, 3.63) is 188 Å². The lowest BCUT2D eigenvalue weighted by Gasteiger charge is -2.16. The molecule has 0 bridgehead atoms. The van der Waals surface area contributed by atoms with Crippen molar-refractivity contribution in [2.75, 3.05) is 0 Å². The summed E-state index contributed by atoms with van der Waals surface area (Å²) in [5.41, 5.74) is 8.47. The number of rotatable bonds is 4. The minimum atomic E-state index is 0.715. The Morgan fingerprint density at radius 1 is 0.340 bits per heavy atom. The van der Waals surface area contributed by atoms with Crippen LogP contribution in [0.3, 0.4) is 0 Å². The minimum Gasteiger partial charge on any atom is -0.309 e. The van der Waals surface area contributed by atoms with E-state index < -0.39 is 0 Å². The van der Waals surface area contributed by atoms with Gasteiger partial charge >= 0.3 is 0 Å². The molecule has 0 saturated carbocycles. The summed E-state index contributed by atoms with van der Waals surface area (Å²) in [6.45, 7) is 0. The molecule has 0 fully saturated rings. The van der Waals surface area contributed by atoms with Crippen LogP contribution in [-0.4, -0.2) is 14.5 Å². The summed E-state index contributed by atoms with van der Waals surface area (Å²) >= 11 is 0. The number of benzene rings is 9. The van der Waals surface area contributed by atoms with Crippen molar-refractivity contribution in [1.29, 1.82) is 0 Å². The van der Waals surface area contributed by atoms with E-state index in [9.17, 15) is 0 Å². The maximum atomic E-state index is 5.34. The molecular weight excluding hydrogens is 643 g/mol. The molecule has 0 spiro atoms. The summed E-state index contributed by atoms with van der Waals surface area (Å²) in [5.74, 6) is 0.715. The van der Waals surface area contributed by atoms with Gasteiger partial charge in [0.25, 0.3) is 0 Å². The van der Waals surface area contributed by atoms with Crippen molar-refractivity contribution in [3.63, 3.8) is 0 Å². The van der Waals surface area contributed by atoms with Gasteiger partial charge in [0.2, 0.25) is 0 Å². The largest absolute Gasteiger partial charge is 0.309 e. The second-order valence-electron chi connectivity index (χ2n) is 13.7. The minimum absolute atomic E-state index is 0.715. The summed E-state index contributed by atoms with van der Waals surface area (Å²) in [6.07, 6.45) is 0. The van der Waals surface area contributed by atoms with Crippen LogP contribution in [0, 0.1) is 0 Å². The van der Waals surface area contributed by atoms with Gasteiger partial charge in [0.05, 0.1) is 28.1 Å². The van der Waals surface area contributed by atoms with E-state index in [0.29, 0.717) is 5.82 Å². The second-order valence-corrected chi connectivity index (χ2v) is 13.7. The Bertz CT molecular complexity index is 3130. The summed E-state index contributed by atoms with van der Waals surface area (Å²) in [6, 6.07) is 67.3. The van der Waals surface area contributed by atoms with Crippen LogP contribution in [0.5, 0.6) is 0 Å². The lowest BCUT2D eigenvalue weighted by molar-refractivity contribution is 1.18. The van der Waals surface area contributed by atoms with Gasteiger partial charge in [0, 0.05) is 32.8 Å². The molecule has 0 amide bonds. The van der Waals surface area contributed by atoms with E-state index in [1.54, 1.807) is 0 Å². The number of hydrogen-bond donors (Lipinski definition) is 0. The third-order valence-corrected chi connectivity index (χ3v) is 10.8. The molecule has 0 aliphatic rings.